The molecule has 2 aromatic rings. The maximum Gasteiger partial charge on any atom is 0.139 e. The Labute approximate surface area is 78.6 Å². The van der Waals surface area contributed by atoms with E-state index in [1.165, 1.54) is 11.3 Å². The number of hydrogen-bond acceptors (Lipinski definition) is 4. The number of phenols is 1. The van der Waals surface area contributed by atoms with Crippen LogP contribution in [0, 0.1) is 11.3 Å². The summed E-state index contributed by atoms with van der Waals surface area (Å²) in [6.45, 7) is 0. The molecule has 0 aliphatic rings. The third-order valence-electron chi connectivity index (χ3n) is 1.78. The maximum atomic E-state index is 9.30. The Balaban J connectivity index is 2.79. The van der Waals surface area contributed by atoms with Crippen molar-refractivity contribution in [3.8, 4) is 11.8 Å². The lowest BCUT2D eigenvalue weighted by molar-refractivity contribution is 0.479. The Hall–Kier alpha value is -1.73. The van der Waals surface area contributed by atoms with Crippen LogP contribution in [0.4, 0.5) is 5.69 Å². The molecule has 2 rings (SSSR count). The number of thiophene rings is 1. The van der Waals surface area contributed by atoms with Gasteiger partial charge in [0.15, 0.2) is 0 Å². The first-order valence-electron chi connectivity index (χ1n) is 3.63. The Morgan fingerprint density at radius 2 is 2.15 bits per heavy atom. The molecule has 4 heteroatoms. The molecule has 0 saturated carbocycles. The highest BCUT2D eigenvalue weighted by molar-refractivity contribution is 7.19. The largest absolute Gasteiger partial charge is 0.506 e. The molecule has 0 atom stereocenters. The predicted molar refractivity (Wildman–Crippen MR) is 52.6 cm³/mol. The number of anilines is 1. The molecule has 0 bridgehead atoms. The molecule has 64 valence electrons. The van der Waals surface area contributed by atoms with Crippen molar-refractivity contribution in [2.24, 2.45) is 0 Å². The van der Waals surface area contributed by atoms with Crippen LogP contribution in [0.2, 0.25) is 0 Å². The van der Waals surface area contributed by atoms with Crippen molar-refractivity contribution < 1.29 is 5.11 Å². The van der Waals surface area contributed by atoms with E-state index in [9.17, 15) is 5.11 Å². The van der Waals surface area contributed by atoms with Gasteiger partial charge >= 0.3 is 0 Å². The van der Waals surface area contributed by atoms with E-state index in [1.807, 2.05) is 0 Å². The number of phenolic OH excluding ortho intramolecular Hbond substituents is 1. The molecule has 0 unspecified atom stereocenters. The smallest absolute Gasteiger partial charge is 0.139 e. The van der Waals surface area contributed by atoms with E-state index in [-0.39, 0.29) is 5.75 Å². The minimum absolute atomic E-state index is 0.0684. The van der Waals surface area contributed by atoms with Crippen molar-refractivity contribution in [1.82, 2.24) is 0 Å². The molecule has 0 spiro atoms. The second kappa shape index (κ2) is 2.64. The van der Waals surface area contributed by atoms with Crippen LogP contribution in [0.25, 0.3) is 10.1 Å². The fourth-order valence-electron chi connectivity index (χ4n) is 1.15. The van der Waals surface area contributed by atoms with Crippen LogP contribution in [-0.2, 0) is 0 Å². The molecule has 3 N–H and O–H groups in total. The summed E-state index contributed by atoms with van der Waals surface area (Å²) in [6.07, 6.45) is 0. The van der Waals surface area contributed by atoms with Gasteiger partial charge in [-0.1, -0.05) is 0 Å². The van der Waals surface area contributed by atoms with E-state index < -0.39 is 0 Å². The molecule has 3 nitrogen and oxygen atoms in total. The van der Waals surface area contributed by atoms with Gasteiger partial charge < -0.3 is 10.8 Å². The summed E-state index contributed by atoms with van der Waals surface area (Å²) in [7, 11) is 0. The summed E-state index contributed by atoms with van der Waals surface area (Å²) in [6, 6.07) is 7.06. The van der Waals surface area contributed by atoms with Crippen LogP contribution in [-0.4, -0.2) is 5.11 Å². The van der Waals surface area contributed by atoms with E-state index in [4.69, 9.17) is 11.0 Å². The highest BCUT2D eigenvalue weighted by atomic mass is 32.1. The van der Waals surface area contributed by atoms with Crippen LogP contribution in [0.15, 0.2) is 18.2 Å². The van der Waals surface area contributed by atoms with Gasteiger partial charge in [-0.05, 0) is 23.6 Å². The highest BCUT2D eigenvalue weighted by Crippen LogP contribution is 2.32. The monoisotopic (exact) mass is 190 g/mol. The molecule has 0 saturated heterocycles. The van der Waals surface area contributed by atoms with Crippen LogP contribution in [0.5, 0.6) is 5.75 Å². The van der Waals surface area contributed by atoms with Crippen LogP contribution in [0.3, 0.4) is 0 Å². The van der Waals surface area contributed by atoms with E-state index in [0.29, 0.717) is 10.6 Å². The molecule has 0 aliphatic carbocycles. The van der Waals surface area contributed by atoms with Crippen LogP contribution in [0.1, 0.15) is 4.88 Å². The zero-order chi connectivity index (χ0) is 9.42. The number of benzene rings is 1. The van der Waals surface area contributed by atoms with E-state index in [2.05, 4.69) is 6.07 Å². The summed E-state index contributed by atoms with van der Waals surface area (Å²) in [5.74, 6) is 0.0684. The molecule has 13 heavy (non-hydrogen) atoms. The molecule has 1 aromatic heterocycles. The minimum Gasteiger partial charge on any atom is -0.506 e. The first-order valence-corrected chi connectivity index (χ1v) is 4.44. The Morgan fingerprint density at radius 3 is 2.85 bits per heavy atom. The van der Waals surface area contributed by atoms with Gasteiger partial charge in [0.2, 0.25) is 0 Å². The van der Waals surface area contributed by atoms with Crippen molar-refractivity contribution in [1.29, 1.82) is 5.26 Å². The van der Waals surface area contributed by atoms with Crippen molar-refractivity contribution in [2.45, 2.75) is 0 Å². The third kappa shape index (κ3) is 1.19. The van der Waals surface area contributed by atoms with Crippen LogP contribution >= 0.6 is 11.3 Å². The van der Waals surface area contributed by atoms with Crippen molar-refractivity contribution in [3.05, 3.63) is 23.1 Å². The van der Waals surface area contributed by atoms with Gasteiger partial charge in [0.1, 0.15) is 16.7 Å². The fraction of sp³-hybridized carbons (Fsp3) is 0. The van der Waals surface area contributed by atoms with Crippen molar-refractivity contribution in [3.63, 3.8) is 0 Å². The second-order valence-corrected chi connectivity index (χ2v) is 3.76. The molecule has 0 fully saturated rings. The zero-order valence-electron chi connectivity index (χ0n) is 6.61. The summed E-state index contributed by atoms with van der Waals surface area (Å²) < 4.78 is 0.878. The first kappa shape index (κ1) is 7.90. The lowest BCUT2D eigenvalue weighted by Crippen LogP contribution is -1.83. The number of nitrogens with zero attached hydrogens (tertiary/aromatic N) is 1. The first-order chi connectivity index (χ1) is 6.20. The van der Waals surface area contributed by atoms with Gasteiger partial charge in [-0.15, -0.1) is 11.3 Å². The summed E-state index contributed by atoms with van der Waals surface area (Å²) in [4.78, 5) is 0.625. The molecule has 1 heterocycles. The topological polar surface area (TPSA) is 70.0 Å². The van der Waals surface area contributed by atoms with Crippen molar-refractivity contribution >= 4 is 27.1 Å². The van der Waals surface area contributed by atoms with Gasteiger partial charge in [-0.25, -0.2) is 0 Å². The van der Waals surface area contributed by atoms with Crippen molar-refractivity contribution in [2.75, 3.05) is 5.73 Å². The average Bonchev–Trinajstić information content (AvgIpc) is 2.48. The highest BCUT2D eigenvalue weighted by Gasteiger charge is 2.04. The molecule has 0 radical (unpaired) electrons. The number of hydrogen-bond donors (Lipinski definition) is 2. The lowest BCUT2D eigenvalue weighted by atomic mass is 10.2. The normalized spacial score (nSPS) is 10.1. The number of nitrogens with two attached hydrogens (primary N) is 1. The van der Waals surface area contributed by atoms with Gasteiger partial charge in [-0.3, -0.25) is 0 Å². The molecular formula is C9H6N2OS. The number of rotatable bonds is 0. The Bertz CT molecular complexity index is 471. The third-order valence-corrected chi connectivity index (χ3v) is 2.78. The Kier molecular flexibility index (Phi) is 1.61. The van der Waals surface area contributed by atoms with E-state index in [0.717, 1.165) is 10.1 Å². The number of fused-ring (bicyclic) bond motifs is 1. The SMILES string of the molecule is N#Cc1cc2cc(N)c(O)cc2s1. The summed E-state index contributed by atoms with van der Waals surface area (Å²) in [5.41, 5.74) is 5.85. The molecule has 0 aliphatic heterocycles. The van der Waals surface area contributed by atoms with Gasteiger partial charge in [0.05, 0.1) is 5.69 Å². The summed E-state index contributed by atoms with van der Waals surface area (Å²) in [5, 5.41) is 18.8. The number of aromatic hydroxyl groups is 1. The quantitative estimate of drug-likeness (QED) is 0.493. The van der Waals surface area contributed by atoms with Gasteiger partial charge in [-0.2, -0.15) is 5.26 Å². The number of nitrogen functional groups attached to an aromatic ring is 1. The molecule has 1 aromatic carbocycles. The van der Waals surface area contributed by atoms with Gasteiger partial charge in [0, 0.05) is 4.70 Å². The number of nitriles is 1. The Morgan fingerprint density at radius 1 is 1.38 bits per heavy atom. The lowest BCUT2D eigenvalue weighted by Gasteiger charge is -1.96. The van der Waals surface area contributed by atoms with E-state index in [1.54, 1.807) is 18.2 Å². The maximum absolute atomic E-state index is 9.30. The molecular weight excluding hydrogens is 184 g/mol. The molecule has 0 amide bonds. The average molecular weight is 190 g/mol. The van der Waals surface area contributed by atoms with Gasteiger partial charge in [0.25, 0.3) is 0 Å². The summed E-state index contributed by atoms with van der Waals surface area (Å²) >= 11 is 1.34. The van der Waals surface area contributed by atoms with Crippen LogP contribution < -0.4 is 5.73 Å². The second-order valence-electron chi connectivity index (χ2n) is 2.67. The van der Waals surface area contributed by atoms with E-state index >= 15 is 0 Å². The standard InChI is InChI=1S/C9H6N2OS/c10-4-6-1-5-2-7(11)8(12)3-9(5)13-6/h1-3,12H,11H2. The zero-order valence-corrected chi connectivity index (χ0v) is 7.43. The predicted octanol–water partition coefficient (Wildman–Crippen LogP) is 2.06. The fourth-order valence-corrected chi connectivity index (χ4v) is 2.02. The minimum atomic E-state index is 0.0684.